The van der Waals surface area contributed by atoms with Gasteiger partial charge in [-0.3, -0.25) is 9.59 Å². The predicted molar refractivity (Wildman–Crippen MR) is 112 cm³/mol. The van der Waals surface area contributed by atoms with Gasteiger partial charge < -0.3 is 15.0 Å². The Morgan fingerprint density at radius 3 is 2.47 bits per heavy atom. The number of nitrogens with one attached hydrogen (secondary N) is 2. The number of aromatic nitrogens is 2. The summed E-state index contributed by atoms with van der Waals surface area (Å²) in [5.41, 5.74) is 0.248. The number of nitrogens with zero attached hydrogens (tertiary/aromatic N) is 1. The van der Waals surface area contributed by atoms with Gasteiger partial charge in [0, 0.05) is 11.6 Å². The summed E-state index contributed by atoms with van der Waals surface area (Å²) in [5, 5.41) is 1.78. The topological polar surface area (TPSA) is 84.1 Å². The van der Waals surface area contributed by atoms with Gasteiger partial charge >= 0.3 is 0 Å². The molecule has 1 amide bonds. The molecule has 0 aliphatic heterocycles. The number of aromatic amines is 1. The maximum atomic E-state index is 13.8. The molecule has 2 N–H and O–H groups in total. The standard InChI is InChI=1S/C21H19F2N3O3S/c1-3-17(20(28)26-19-14(22)5-4-6-15(19)23)30-21-24-16(11-18(27)25-21)12-7-9-13(29-2)10-8-12/h4-11,17H,3H2,1-2H3,(H,26,28)(H,24,25,27). The number of carbonyl (C=O) groups is 1. The Morgan fingerprint density at radius 2 is 1.87 bits per heavy atom. The van der Waals surface area contributed by atoms with Crippen molar-refractivity contribution in [3.05, 3.63) is 70.5 Å². The van der Waals surface area contributed by atoms with Crippen molar-refractivity contribution in [1.82, 2.24) is 9.97 Å². The van der Waals surface area contributed by atoms with Crippen LogP contribution in [-0.4, -0.2) is 28.2 Å². The molecule has 9 heteroatoms. The lowest BCUT2D eigenvalue weighted by molar-refractivity contribution is -0.115. The first-order valence-electron chi connectivity index (χ1n) is 9.08. The highest BCUT2D eigenvalue weighted by molar-refractivity contribution is 8.00. The van der Waals surface area contributed by atoms with E-state index in [0.29, 0.717) is 23.4 Å². The van der Waals surface area contributed by atoms with Crippen molar-refractivity contribution in [1.29, 1.82) is 0 Å². The van der Waals surface area contributed by atoms with Gasteiger partial charge in [0.2, 0.25) is 5.91 Å². The third-order valence-electron chi connectivity index (χ3n) is 4.23. The van der Waals surface area contributed by atoms with Crippen molar-refractivity contribution < 1.29 is 18.3 Å². The van der Waals surface area contributed by atoms with Crippen LogP contribution in [0.15, 0.2) is 58.5 Å². The molecule has 3 aromatic rings. The van der Waals surface area contributed by atoms with Crippen molar-refractivity contribution in [3.63, 3.8) is 0 Å². The number of amides is 1. The minimum absolute atomic E-state index is 0.226. The fourth-order valence-electron chi connectivity index (χ4n) is 2.68. The molecule has 1 heterocycles. The lowest BCUT2D eigenvalue weighted by Crippen LogP contribution is -2.26. The first kappa shape index (κ1) is 21.5. The fraction of sp³-hybridized carbons (Fsp3) is 0.190. The van der Waals surface area contributed by atoms with Crippen LogP contribution in [-0.2, 0) is 4.79 Å². The summed E-state index contributed by atoms with van der Waals surface area (Å²) in [6.07, 6.45) is 0.350. The second kappa shape index (κ2) is 9.53. The van der Waals surface area contributed by atoms with Gasteiger partial charge in [-0.25, -0.2) is 13.8 Å². The van der Waals surface area contributed by atoms with E-state index in [-0.39, 0.29) is 10.7 Å². The number of halogens is 2. The van der Waals surface area contributed by atoms with Crippen LogP contribution in [0.5, 0.6) is 5.75 Å². The number of hydrogen-bond acceptors (Lipinski definition) is 5. The van der Waals surface area contributed by atoms with E-state index in [1.165, 1.54) is 12.1 Å². The molecule has 0 bridgehead atoms. The summed E-state index contributed by atoms with van der Waals surface area (Å²) in [6, 6.07) is 11.7. The first-order chi connectivity index (χ1) is 14.4. The Labute approximate surface area is 175 Å². The normalized spacial score (nSPS) is 11.7. The number of benzene rings is 2. The largest absolute Gasteiger partial charge is 0.497 e. The Bertz CT molecular complexity index is 1080. The molecule has 0 saturated carbocycles. The highest BCUT2D eigenvalue weighted by Crippen LogP contribution is 2.27. The maximum Gasteiger partial charge on any atom is 0.252 e. The molecule has 0 spiro atoms. The van der Waals surface area contributed by atoms with E-state index < -0.39 is 28.5 Å². The minimum Gasteiger partial charge on any atom is -0.497 e. The van der Waals surface area contributed by atoms with E-state index in [4.69, 9.17) is 4.74 Å². The quantitative estimate of drug-likeness (QED) is 0.432. The number of carbonyl (C=O) groups excluding carboxylic acids is 1. The monoisotopic (exact) mass is 431 g/mol. The van der Waals surface area contributed by atoms with Gasteiger partial charge in [-0.1, -0.05) is 24.8 Å². The Morgan fingerprint density at radius 1 is 1.20 bits per heavy atom. The fourth-order valence-corrected chi connectivity index (χ4v) is 3.59. The number of rotatable bonds is 7. The average molecular weight is 431 g/mol. The number of methoxy groups -OCH3 is 1. The molecule has 0 fully saturated rings. The van der Waals surface area contributed by atoms with Crippen LogP contribution < -0.4 is 15.6 Å². The van der Waals surface area contributed by atoms with E-state index in [9.17, 15) is 18.4 Å². The van der Waals surface area contributed by atoms with Crippen molar-refractivity contribution in [2.24, 2.45) is 0 Å². The molecule has 1 aromatic heterocycles. The SMILES string of the molecule is CCC(Sc1nc(-c2ccc(OC)cc2)cc(=O)[nH]1)C(=O)Nc1c(F)cccc1F. The van der Waals surface area contributed by atoms with Crippen LogP contribution in [0, 0.1) is 11.6 Å². The molecule has 0 aliphatic rings. The summed E-state index contributed by atoms with van der Waals surface area (Å²) in [6.45, 7) is 1.75. The number of H-pyrrole nitrogens is 1. The molecular weight excluding hydrogens is 412 g/mol. The van der Waals surface area contributed by atoms with Crippen LogP contribution >= 0.6 is 11.8 Å². The Kier molecular flexibility index (Phi) is 6.83. The maximum absolute atomic E-state index is 13.8. The molecule has 156 valence electrons. The average Bonchev–Trinajstić information content (AvgIpc) is 2.74. The van der Waals surface area contributed by atoms with Gasteiger partial charge in [-0.05, 0) is 42.8 Å². The number of thioether (sulfide) groups is 1. The van der Waals surface area contributed by atoms with E-state index >= 15 is 0 Å². The van der Waals surface area contributed by atoms with E-state index in [1.54, 1.807) is 38.3 Å². The molecule has 6 nitrogen and oxygen atoms in total. The van der Waals surface area contributed by atoms with Crippen molar-refractivity contribution >= 4 is 23.4 Å². The number of anilines is 1. The molecule has 30 heavy (non-hydrogen) atoms. The molecular formula is C21H19F2N3O3S. The summed E-state index contributed by atoms with van der Waals surface area (Å²) < 4.78 is 32.8. The van der Waals surface area contributed by atoms with Crippen LogP contribution in [0.3, 0.4) is 0 Å². The summed E-state index contributed by atoms with van der Waals surface area (Å²) in [5.74, 6) is -1.65. The van der Waals surface area contributed by atoms with Gasteiger partial charge in [0.05, 0.1) is 18.1 Å². The molecule has 3 rings (SSSR count). The van der Waals surface area contributed by atoms with Crippen molar-refractivity contribution in [2.45, 2.75) is 23.8 Å². The lowest BCUT2D eigenvalue weighted by Gasteiger charge is -2.15. The summed E-state index contributed by atoms with van der Waals surface area (Å²) >= 11 is 1.01. The van der Waals surface area contributed by atoms with Crippen LogP contribution in [0.2, 0.25) is 0 Å². The zero-order valence-electron chi connectivity index (χ0n) is 16.2. The van der Waals surface area contributed by atoms with Gasteiger partial charge in [-0.15, -0.1) is 0 Å². The zero-order chi connectivity index (χ0) is 21.7. The second-order valence-corrected chi connectivity index (χ2v) is 7.46. The van der Waals surface area contributed by atoms with Crippen LogP contribution in [0.1, 0.15) is 13.3 Å². The minimum atomic E-state index is -0.865. The van der Waals surface area contributed by atoms with E-state index in [2.05, 4.69) is 15.3 Å². The molecule has 0 saturated heterocycles. The second-order valence-electron chi connectivity index (χ2n) is 6.26. The van der Waals surface area contributed by atoms with Crippen molar-refractivity contribution in [3.8, 4) is 17.0 Å². The van der Waals surface area contributed by atoms with Gasteiger partial charge in [0.1, 0.15) is 23.1 Å². The number of hydrogen-bond donors (Lipinski definition) is 2. The highest BCUT2D eigenvalue weighted by atomic mass is 32.2. The number of ether oxygens (including phenoxy) is 1. The van der Waals surface area contributed by atoms with E-state index in [0.717, 1.165) is 23.9 Å². The number of para-hydroxylation sites is 1. The highest BCUT2D eigenvalue weighted by Gasteiger charge is 2.22. The smallest absolute Gasteiger partial charge is 0.252 e. The molecule has 0 radical (unpaired) electrons. The summed E-state index contributed by atoms with van der Waals surface area (Å²) in [7, 11) is 1.55. The third-order valence-corrected chi connectivity index (χ3v) is 5.48. The Hall–Kier alpha value is -3.20. The van der Waals surface area contributed by atoms with E-state index in [1.807, 2.05) is 0 Å². The first-order valence-corrected chi connectivity index (χ1v) is 9.96. The Balaban J connectivity index is 1.82. The van der Waals surface area contributed by atoms with Crippen molar-refractivity contribution in [2.75, 3.05) is 12.4 Å². The predicted octanol–water partition coefficient (Wildman–Crippen LogP) is 4.23. The third kappa shape index (κ3) is 5.04. The molecule has 1 unspecified atom stereocenters. The molecule has 1 atom stereocenters. The van der Waals surface area contributed by atoms with Gasteiger partial charge in [0.15, 0.2) is 5.16 Å². The molecule has 0 aliphatic carbocycles. The zero-order valence-corrected chi connectivity index (χ0v) is 17.1. The van der Waals surface area contributed by atoms with Gasteiger partial charge in [-0.2, -0.15) is 0 Å². The molecule has 2 aromatic carbocycles. The van der Waals surface area contributed by atoms with Gasteiger partial charge in [0.25, 0.3) is 5.56 Å². The van der Waals surface area contributed by atoms with Crippen LogP contribution in [0.25, 0.3) is 11.3 Å². The lowest BCUT2D eigenvalue weighted by atomic mass is 10.1. The van der Waals surface area contributed by atoms with Crippen LogP contribution in [0.4, 0.5) is 14.5 Å². The summed E-state index contributed by atoms with van der Waals surface area (Å²) in [4.78, 5) is 31.7.